The molecule has 6 nitrogen and oxygen atoms in total. The zero-order chi connectivity index (χ0) is 21.1. The molecule has 0 atom stereocenters. The van der Waals surface area contributed by atoms with Crippen LogP contribution in [0.5, 0.6) is 0 Å². The van der Waals surface area contributed by atoms with Crippen LogP contribution in [0.25, 0.3) is 11.3 Å². The van der Waals surface area contributed by atoms with E-state index in [0.717, 1.165) is 29.1 Å². The minimum atomic E-state index is -0.0804. The molecule has 0 spiro atoms. The van der Waals surface area contributed by atoms with E-state index in [1.807, 2.05) is 54.1 Å². The van der Waals surface area contributed by atoms with Crippen molar-refractivity contribution in [3.05, 3.63) is 70.7 Å². The van der Waals surface area contributed by atoms with Gasteiger partial charge in [-0.15, -0.1) is 0 Å². The third-order valence-electron chi connectivity index (χ3n) is 5.11. The van der Waals surface area contributed by atoms with Gasteiger partial charge in [0.15, 0.2) is 0 Å². The van der Waals surface area contributed by atoms with Gasteiger partial charge in [0.2, 0.25) is 5.91 Å². The number of benzene rings is 2. The van der Waals surface area contributed by atoms with E-state index in [9.17, 15) is 9.59 Å². The zero-order valence-corrected chi connectivity index (χ0v) is 17.5. The summed E-state index contributed by atoms with van der Waals surface area (Å²) in [4.78, 5) is 26.5. The number of hydrogen-bond donors (Lipinski definition) is 1. The van der Waals surface area contributed by atoms with Crippen LogP contribution in [-0.4, -0.2) is 28.1 Å². The molecule has 1 N–H and O–H groups in total. The Morgan fingerprint density at radius 1 is 1.13 bits per heavy atom. The second-order valence-corrected chi connectivity index (χ2v) is 7.74. The lowest BCUT2D eigenvalue weighted by molar-refractivity contribution is -0.119. The van der Waals surface area contributed by atoms with Crippen molar-refractivity contribution in [3.63, 3.8) is 0 Å². The van der Waals surface area contributed by atoms with Gasteiger partial charge >= 0.3 is 0 Å². The number of carbonyl (C=O) groups is 2. The molecule has 4 rings (SSSR count). The smallest absolute Gasteiger partial charge is 0.251 e. The van der Waals surface area contributed by atoms with Crippen molar-refractivity contribution in [1.82, 2.24) is 15.1 Å². The first-order valence-corrected chi connectivity index (χ1v) is 10.4. The van der Waals surface area contributed by atoms with Gasteiger partial charge in [0.05, 0.1) is 18.8 Å². The minimum absolute atomic E-state index is 0.0646. The number of aryl methyl sites for hydroxylation is 1. The van der Waals surface area contributed by atoms with Gasteiger partial charge in [-0.25, -0.2) is 4.68 Å². The Bertz CT molecular complexity index is 1060. The lowest BCUT2D eigenvalue weighted by Gasteiger charge is -2.27. The quantitative estimate of drug-likeness (QED) is 0.644. The van der Waals surface area contributed by atoms with Crippen molar-refractivity contribution in [2.24, 2.45) is 0 Å². The largest absolute Gasteiger partial charge is 0.352 e. The predicted molar refractivity (Wildman–Crippen MR) is 118 cm³/mol. The van der Waals surface area contributed by atoms with Crippen LogP contribution in [0.2, 0.25) is 5.02 Å². The first-order chi connectivity index (χ1) is 14.5. The number of carbonyl (C=O) groups excluding carboxylic acids is 2. The topological polar surface area (TPSA) is 67.2 Å². The van der Waals surface area contributed by atoms with Gasteiger partial charge in [0.1, 0.15) is 5.82 Å². The maximum atomic E-state index is 12.6. The molecule has 0 unspecified atom stereocenters. The number of nitrogens with one attached hydrogen (secondary N) is 1. The maximum absolute atomic E-state index is 12.6. The number of aromatic nitrogens is 2. The van der Waals surface area contributed by atoms with E-state index in [-0.39, 0.29) is 11.8 Å². The standard InChI is InChI=1S/C23H23ClN4O2/c1-2-12-25-23(30)18-5-3-16(4-6-18)15-27-21-14-20(17-7-9-19(24)10-8-17)26-28(21)13-11-22(27)29/h3-10,14H,2,11-13,15H2,1H3,(H,25,30). The molecule has 7 heteroatoms. The summed E-state index contributed by atoms with van der Waals surface area (Å²) >= 11 is 5.98. The summed E-state index contributed by atoms with van der Waals surface area (Å²) in [5.41, 5.74) is 3.34. The van der Waals surface area contributed by atoms with Crippen LogP contribution in [0.3, 0.4) is 0 Å². The number of rotatable bonds is 6. The van der Waals surface area contributed by atoms with Gasteiger partial charge in [0.25, 0.3) is 5.91 Å². The van der Waals surface area contributed by atoms with Crippen molar-refractivity contribution in [2.45, 2.75) is 32.9 Å². The van der Waals surface area contributed by atoms with Gasteiger partial charge in [-0.2, -0.15) is 5.10 Å². The summed E-state index contributed by atoms with van der Waals surface area (Å²) in [6.45, 7) is 3.67. The van der Waals surface area contributed by atoms with E-state index >= 15 is 0 Å². The van der Waals surface area contributed by atoms with E-state index in [2.05, 4.69) is 10.4 Å². The van der Waals surface area contributed by atoms with Crippen LogP contribution in [0.15, 0.2) is 54.6 Å². The fourth-order valence-electron chi connectivity index (χ4n) is 3.47. The van der Waals surface area contributed by atoms with E-state index in [1.165, 1.54) is 0 Å². The lowest BCUT2D eigenvalue weighted by atomic mass is 10.1. The Kier molecular flexibility index (Phi) is 5.86. The molecule has 0 bridgehead atoms. The molecular formula is C23H23ClN4O2. The average molecular weight is 423 g/mol. The van der Waals surface area contributed by atoms with Gasteiger partial charge in [0, 0.05) is 35.2 Å². The van der Waals surface area contributed by atoms with Crippen LogP contribution in [-0.2, 0) is 17.9 Å². The fraction of sp³-hybridized carbons (Fsp3) is 0.261. The summed E-state index contributed by atoms with van der Waals surface area (Å²) in [5.74, 6) is 0.763. The van der Waals surface area contributed by atoms with Gasteiger partial charge in [-0.1, -0.05) is 42.8 Å². The Labute approximate surface area is 180 Å². The van der Waals surface area contributed by atoms with Gasteiger partial charge in [-0.05, 0) is 36.2 Å². The highest BCUT2D eigenvalue weighted by molar-refractivity contribution is 6.30. The van der Waals surface area contributed by atoms with E-state index in [4.69, 9.17) is 11.6 Å². The van der Waals surface area contributed by atoms with Crippen LogP contribution < -0.4 is 10.2 Å². The number of anilines is 1. The molecule has 3 aromatic rings. The average Bonchev–Trinajstić information content (AvgIpc) is 3.19. The van der Waals surface area contributed by atoms with Crippen LogP contribution in [0.1, 0.15) is 35.7 Å². The molecule has 1 aliphatic rings. The first-order valence-electron chi connectivity index (χ1n) is 10.1. The summed E-state index contributed by atoms with van der Waals surface area (Å²) < 4.78 is 1.87. The first kappa shape index (κ1) is 20.2. The summed E-state index contributed by atoms with van der Waals surface area (Å²) in [6, 6.07) is 16.8. The SMILES string of the molecule is CCCNC(=O)c1ccc(CN2C(=O)CCn3nc(-c4ccc(Cl)cc4)cc32)cc1. The maximum Gasteiger partial charge on any atom is 0.251 e. The third kappa shape index (κ3) is 4.24. The van der Waals surface area contributed by atoms with Crippen LogP contribution in [0.4, 0.5) is 5.82 Å². The minimum Gasteiger partial charge on any atom is -0.352 e. The molecule has 0 saturated heterocycles. The Balaban J connectivity index is 1.54. The number of halogens is 1. The summed E-state index contributed by atoms with van der Waals surface area (Å²) in [5, 5.41) is 8.21. The van der Waals surface area contributed by atoms with E-state index in [0.29, 0.717) is 36.6 Å². The van der Waals surface area contributed by atoms with Crippen molar-refractivity contribution < 1.29 is 9.59 Å². The van der Waals surface area contributed by atoms with Crippen molar-refractivity contribution >= 4 is 29.2 Å². The summed E-state index contributed by atoms with van der Waals surface area (Å²) in [6.07, 6.45) is 1.30. The molecule has 0 aliphatic carbocycles. The molecule has 0 radical (unpaired) electrons. The number of amides is 2. The number of fused-ring (bicyclic) bond motifs is 1. The molecule has 2 aromatic carbocycles. The van der Waals surface area contributed by atoms with Gasteiger partial charge < -0.3 is 5.32 Å². The molecular weight excluding hydrogens is 400 g/mol. The monoisotopic (exact) mass is 422 g/mol. The van der Waals surface area contributed by atoms with E-state index in [1.54, 1.807) is 17.0 Å². The Morgan fingerprint density at radius 3 is 2.57 bits per heavy atom. The third-order valence-corrected chi connectivity index (χ3v) is 5.36. The molecule has 2 amide bonds. The highest BCUT2D eigenvalue weighted by atomic mass is 35.5. The van der Waals surface area contributed by atoms with Crippen LogP contribution in [0, 0.1) is 0 Å². The van der Waals surface area contributed by atoms with Gasteiger partial charge in [-0.3, -0.25) is 14.5 Å². The normalized spacial score (nSPS) is 13.3. The highest BCUT2D eigenvalue weighted by Gasteiger charge is 2.26. The second-order valence-electron chi connectivity index (χ2n) is 7.30. The zero-order valence-electron chi connectivity index (χ0n) is 16.8. The fourth-order valence-corrected chi connectivity index (χ4v) is 3.59. The molecule has 0 fully saturated rings. The van der Waals surface area contributed by atoms with Crippen molar-refractivity contribution in [1.29, 1.82) is 0 Å². The molecule has 1 aliphatic heterocycles. The molecule has 30 heavy (non-hydrogen) atoms. The molecule has 1 aromatic heterocycles. The predicted octanol–water partition coefficient (Wildman–Crippen LogP) is 4.28. The van der Waals surface area contributed by atoms with E-state index < -0.39 is 0 Å². The molecule has 154 valence electrons. The summed E-state index contributed by atoms with van der Waals surface area (Å²) in [7, 11) is 0. The molecule has 0 saturated carbocycles. The number of hydrogen-bond acceptors (Lipinski definition) is 3. The van der Waals surface area contributed by atoms with Crippen molar-refractivity contribution in [3.8, 4) is 11.3 Å². The Hall–Kier alpha value is -3.12. The Morgan fingerprint density at radius 2 is 1.87 bits per heavy atom. The number of nitrogens with zero attached hydrogens (tertiary/aromatic N) is 3. The highest BCUT2D eigenvalue weighted by Crippen LogP contribution is 2.29. The second kappa shape index (κ2) is 8.71. The lowest BCUT2D eigenvalue weighted by Crippen LogP contribution is -2.36. The van der Waals surface area contributed by atoms with Crippen molar-refractivity contribution in [2.75, 3.05) is 11.4 Å². The molecule has 2 heterocycles. The van der Waals surface area contributed by atoms with Crippen LogP contribution >= 0.6 is 11.6 Å².